The molecule has 3 aromatic heterocycles. The van der Waals surface area contributed by atoms with Crippen LogP contribution in [0.3, 0.4) is 0 Å². The first-order valence-electron chi connectivity index (χ1n) is 10.4. The molecular weight excluding hydrogens is 386 g/mol. The Hall–Kier alpha value is -2.41. The minimum atomic E-state index is -0.0974. The molecule has 1 amide bonds. The molecule has 1 atom stereocenters. The quantitative estimate of drug-likeness (QED) is 0.624. The van der Waals surface area contributed by atoms with Crippen molar-refractivity contribution in [1.29, 1.82) is 0 Å². The zero-order chi connectivity index (χ0) is 20.5. The predicted molar refractivity (Wildman–Crippen MR) is 115 cm³/mol. The number of aromatic nitrogens is 2. The highest BCUT2D eigenvalue weighted by atomic mass is 32.1. The number of thiophene rings is 1. The van der Waals surface area contributed by atoms with Gasteiger partial charge in [-0.25, -0.2) is 4.98 Å². The molecule has 0 aliphatic carbocycles. The van der Waals surface area contributed by atoms with Crippen molar-refractivity contribution in [2.75, 3.05) is 13.1 Å². The summed E-state index contributed by atoms with van der Waals surface area (Å²) in [5.41, 5.74) is 1.11. The molecule has 154 valence electrons. The number of hydrogen-bond acceptors (Lipinski definition) is 5. The van der Waals surface area contributed by atoms with E-state index in [0.29, 0.717) is 18.8 Å². The highest BCUT2D eigenvalue weighted by Crippen LogP contribution is 2.28. The number of aryl methyl sites for hydroxylation is 3. The Morgan fingerprint density at radius 3 is 2.93 bits per heavy atom. The van der Waals surface area contributed by atoms with Crippen LogP contribution in [0.25, 0.3) is 10.2 Å². The molecule has 4 heterocycles. The normalized spacial score (nSPS) is 17.2. The van der Waals surface area contributed by atoms with Gasteiger partial charge in [-0.15, -0.1) is 11.3 Å². The van der Waals surface area contributed by atoms with E-state index in [9.17, 15) is 9.59 Å². The smallest absolute Gasteiger partial charge is 0.289 e. The van der Waals surface area contributed by atoms with Crippen LogP contribution in [0.5, 0.6) is 0 Å². The summed E-state index contributed by atoms with van der Waals surface area (Å²) in [7, 11) is 0. The Labute approximate surface area is 174 Å². The second-order valence-electron chi connectivity index (χ2n) is 7.69. The molecule has 1 saturated heterocycles. The van der Waals surface area contributed by atoms with Crippen molar-refractivity contribution in [2.24, 2.45) is 0 Å². The Morgan fingerprint density at radius 2 is 2.17 bits per heavy atom. The van der Waals surface area contributed by atoms with Crippen LogP contribution in [-0.2, 0) is 12.8 Å². The second kappa shape index (κ2) is 8.14. The molecule has 0 radical (unpaired) electrons. The Bertz CT molecular complexity index is 1090. The first-order valence-corrected chi connectivity index (χ1v) is 11.2. The summed E-state index contributed by atoms with van der Waals surface area (Å²) in [6.45, 7) is 7.39. The highest BCUT2D eigenvalue weighted by molar-refractivity contribution is 7.18. The zero-order valence-electron chi connectivity index (χ0n) is 17.2. The standard InChI is InChI=1S/C22H27N3O3S/c1-4-7-16-9-10-18(28-16)21(26)24-11-6-8-15(12-24)25-13-23-20-19(22(25)27)17(5-2)14(3)29-20/h9-10,13,15H,4-8,11-12H2,1-3H3/t15-/m0/s1. The lowest BCUT2D eigenvalue weighted by Crippen LogP contribution is -2.42. The maximum absolute atomic E-state index is 13.3. The summed E-state index contributed by atoms with van der Waals surface area (Å²) in [4.78, 5) is 34.5. The van der Waals surface area contributed by atoms with Crippen LogP contribution < -0.4 is 5.56 Å². The van der Waals surface area contributed by atoms with Crippen LogP contribution in [0.4, 0.5) is 0 Å². The van der Waals surface area contributed by atoms with Gasteiger partial charge >= 0.3 is 0 Å². The fourth-order valence-corrected chi connectivity index (χ4v) is 5.32. The van der Waals surface area contributed by atoms with Crippen molar-refractivity contribution >= 4 is 27.5 Å². The summed E-state index contributed by atoms with van der Waals surface area (Å²) >= 11 is 1.58. The first kappa shape index (κ1) is 19.9. The number of hydrogen-bond donors (Lipinski definition) is 0. The van der Waals surface area contributed by atoms with Crippen molar-refractivity contribution in [3.05, 3.63) is 50.8 Å². The summed E-state index contributed by atoms with van der Waals surface area (Å²) in [6.07, 6.45) is 6.00. The van der Waals surface area contributed by atoms with Crippen LogP contribution in [-0.4, -0.2) is 33.4 Å². The Kier molecular flexibility index (Phi) is 5.58. The third-order valence-corrected chi connectivity index (χ3v) is 6.79. The molecule has 7 heteroatoms. The summed E-state index contributed by atoms with van der Waals surface area (Å²) in [5.74, 6) is 1.13. The largest absolute Gasteiger partial charge is 0.456 e. The van der Waals surface area contributed by atoms with Crippen molar-refractivity contribution in [2.45, 2.75) is 58.9 Å². The molecule has 6 nitrogen and oxygen atoms in total. The summed E-state index contributed by atoms with van der Waals surface area (Å²) in [6, 6.07) is 3.58. The lowest BCUT2D eigenvalue weighted by Gasteiger charge is -2.33. The van der Waals surface area contributed by atoms with E-state index in [0.717, 1.165) is 58.5 Å². The van der Waals surface area contributed by atoms with E-state index >= 15 is 0 Å². The van der Waals surface area contributed by atoms with Crippen LogP contribution in [0.15, 0.2) is 27.7 Å². The van der Waals surface area contributed by atoms with Crippen molar-refractivity contribution in [1.82, 2.24) is 14.5 Å². The van der Waals surface area contributed by atoms with Crippen LogP contribution >= 0.6 is 11.3 Å². The van der Waals surface area contributed by atoms with Crippen LogP contribution in [0.2, 0.25) is 0 Å². The number of carbonyl (C=O) groups excluding carboxylic acids is 1. The molecule has 1 fully saturated rings. The van der Waals surface area contributed by atoms with Gasteiger partial charge in [-0.2, -0.15) is 0 Å². The SMILES string of the molecule is CCCc1ccc(C(=O)N2CCC[C@H](n3cnc4sc(C)c(CC)c4c3=O)C2)o1. The lowest BCUT2D eigenvalue weighted by molar-refractivity contribution is 0.0643. The van der Waals surface area contributed by atoms with Crippen molar-refractivity contribution in [3.8, 4) is 0 Å². The van der Waals surface area contributed by atoms with E-state index in [1.165, 1.54) is 0 Å². The number of fused-ring (bicyclic) bond motifs is 1. The Morgan fingerprint density at radius 1 is 1.34 bits per heavy atom. The molecule has 0 saturated carbocycles. The van der Waals surface area contributed by atoms with Gasteiger partial charge in [0, 0.05) is 24.4 Å². The van der Waals surface area contributed by atoms with E-state index in [-0.39, 0.29) is 17.5 Å². The van der Waals surface area contributed by atoms with E-state index in [1.54, 1.807) is 33.2 Å². The first-order chi connectivity index (χ1) is 14.0. The van der Waals surface area contributed by atoms with Gasteiger partial charge in [0.2, 0.25) is 0 Å². The maximum atomic E-state index is 13.3. The van der Waals surface area contributed by atoms with Crippen molar-refractivity contribution in [3.63, 3.8) is 0 Å². The average molecular weight is 414 g/mol. The highest BCUT2D eigenvalue weighted by Gasteiger charge is 2.28. The van der Waals surface area contributed by atoms with Crippen LogP contribution in [0, 0.1) is 6.92 Å². The monoisotopic (exact) mass is 413 g/mol. The number of rotatable bonds is 5. The van der Waals surface area contributed by atoms with Gasteiger partial charge in [0.1, 0.15) is 10.6 Å². The molecule has 0 aromatic carbocycles. The molecule has 4 rings (SSSR count). The number of amides is 1. The molecule has 29 heavy (non-hydrogen) atoms. The number of furan rings is 1. The Balaban J connectivity index is 1.60. The van der Waals surface area contributed by atoms with E-state index < -0.39 is 0 Å². The third kappa shape index (κ3) is 3.64. The van der Waals surface area contributed by atoms with Gasteiger partial charge < -0.3 is 9.32 Å². The molecule has 0 spiro atoms. The average Bonchev–Trinajstić information content (AvgIpc) is 3.32. The molecule has 0 unspecified atom stereocenters. The van der Waals surface area contributed by atoms with E-state index in [2.05, 4.69) is 18.8 Å². The molecule has 1 aliphatic heterocycles. The molecular formula is C22H27N3O3S. The molecule has 1 aliphatic rings. The van der Waals surface area contributed by atoms with E-state index in [4.69, 9.17) is 4.42 Å². The van der Waals surface area contributed by atoms with Gasteiger partial charge in [-0.05, 0) is 50.3 Å². The fourth-order valence-electron chi connectivity index (χ4n) is 4.25. The number of likely N-dealkylation sites (tertiary alicyclic amines) is 1. The zero-order valence-corrected chi connectivity index (χ0v) is 18.1. The number of piperidine rings is 1. The van der Waals surface area contributed by atoms with Gasteiger partial charge in [0.05, 0.1) is 17.8 Å². The van der Waals surface area contributed by atoms with E-state index in [1.807, 2.05) is 13.0 Å². The number of carbonyl (C=O) groups is 1. The topological polar surface area (TPSA) is 68.3 Å². The van der Waals surface area contributed by atoms with Gasteiger partial charge in [0.25, 0.3) is 11.5 Å². The fraction of sp³-hybridized carbons (Fsp3) is 0.500. The second-order valence-corrected chi connectivity index (χ2v) is 8.89. The molecule has 0 bridgehead atoms. The van der Waals surface area contributed by atoms with Crippen molar-refractivity contribution < 1.29 is 9.21 Å². The third-order valence-electron chi connectivity index (χ3n) is 5.74. The molecule has 0 N–H and O–H groups in total. The summed E-state index contributed by atoms with van der Waals surface area (Å²) < 4.78 is 7.46. The van der Waals surface area contributed by atoms with Gasteiger partial charge in [-0.1, -0.05) is 13.8 Å². The van der Waals surface area contributed by atoms with Gasteiger partial charge in [-0.3, -0.25) is 14.2 Å². The van der Waals surface area contributed by atoms with Crippen LogP contribution in [0.1, 0.15) is 65.9 Å². The lowest BCUT2D eigenvalue weighted by atomic mass is 10.0. The number of nitrogens with zero attached hydrogens (tertiary/aromatic N) is 3. The molecule has 3 aromatic rings. The minimum Gasteiger partial charge on any atom is -0.456 e. The minimum absolute atomic E-state index is 0.0127. The summed E-state index contributed by atoms with van der Waals surface area (Å²) in [5, 5.41) is 0.746. The predicted octanol–water partition coefficient (Wildman–Crippen LogP) is 4.35. The maximum Gasteiger partial charge on any atom is 0.289 e. The van der Waals surface area contributed by atoms with Gasteiger partial charge in [0.15, 0.2) is 5.76 Å².